The monoisotopic (exact) mass is 410 g/mol. The molecule has 0 radical (unpaired) electrons. The van der Waals surface area contributed by atoms with Crippen molar-refractivity contribution in [2.24, 2.45) is 5.92 Å². The number of fused-ring (bicyclic) bond motifs is 3. The van der Waals surface area contributed by atoms with E-state index in [1.54, 1.807) is 11.3 Å². The van der Waals surface area contributed by atoms with Gasteiger partial charge in [0.1, 0.15) is 0 Å². The highest BCUT2D eigenvalue weighted by atomic mass is 32.2. The largest absolute Gasteiger partial charge is 0.325 e. The predicted octanol–water partition coefficient (Wildman–Crippen LogP) is 5.32. The van der Waals surface area contributed by atoms with Gasteiger partial charge in [0.15, 0.2) is 5.16 Å². The standard InChI is InChI=1S/C21H22N4OS2/c1-12(2)18(19(26)22-15-9-7-8-13(3)14(15)4)28-21-24-23-20-25(21)16-10-5-6-11-17(16)27-20/h5-12,18H,1-4H3,(H,22,26). The summed E-state index contributed by atoms with van der Waals surface area (Å²) in [4.78, 5) is 13.9. The molecule has 1 N–H and O–H groups in total. The summed E-state index contributed by atoms with van der Waals surface area (Å²) in [6.07, 6.45) is 0. The molecule has 0 aliphatic heterocycles. The van der Waals surface area contributed by atoms with Gasteiger partial charge in [0.05, 0.1) is 15.5 Å². The van der Waals surface area contributed by atoms with Crippen molar-refractivity contribution < 1.29 is 4.79 Å². The minimum Gasteiger partial charge on any atom is -0.325 e. The zero-order valence-corrected chi connectivity index (χ0v) is 17.9. The molecule has 1 amide bonds. The van der Waals surface area contributed by atoms with Crippen LogP contribution in [-0.2, 0) is 4.79 Å². The van der Waals surface area contributed by atoms with Crippen LogP contribution in [0, 0.1) is 19.8 Å². The highest BCUT2D eigenvalue weighted by molar-refractivity contribution is 8.00. The Morgan fingerprint density at radius 2 is 1.89 bits per heavy atom. The van der Waals surface area contributed by atoms with Crippen LogP contribution in [0.4, 0.5) is 5.69 Å². The molecule has 1 unspecified atom stereocenters. The molecule has 1 atom stereocenters. The summed E-state index contributed by atoms with van der Waals surface area (Å²) >= 11 is 3.08. The third kappa shape index (κ3) is 3.40. The normalized spacial score (nSPS) is 12.8. The molecule has 28 heavy (non-hydrogen) atoms. The van der Waals surface area contributed by atoms with Crippen LogP contribution in [0.2, 0.25) is 0 Å². The van der Waals surface area contributed by atoms with E-state index in [0.29, 0.717) is 0 Å². The number of anilines is 1. The number of aryl methyl sites for hydroxylation is 1. The lowest BCUT2D eigenvalue weighted by Gasteiger charge is -2.20. The first-order chi connectivity index (χ1) is 13.5. The van der Waals surface area contributed by atoms with E-state index in [4.69, 9.17) is 0 Å². The van der Waals surface area contributed by atoms with Gasteiger partial charge in [-0.05, 0) is 49.1 Å². The van der Waals surface area contributed by atoms with Gasteiger partial charge < -0.3 is 5.32 Å². The van der Waals surface area contributed by atoms with Gasteiger partial charge in [-0.15, -0.1) is 10.2 Å². The summed E-state index contributed by atoms with van der Waals surface area (Å²) in [5.41, 5.74) is 4.20. The molecule has 5 nitrogen and oxygen atoms in total. The second kappa shape index (κ2) is 7.56. The molecule has 0 aliphatic rings. The van der Waals surface area contributed by atoms with Crippen molar-refractivity contribution in [3.63, 3.8) is 0 Å². The molecule has 0 fully saturated rings. The van der Waals surface area contributed by atoms with Crippen molar-refractivity contribution in [1.29, 1.82) is 0 Å². The zero-order chi connectivity index (χ0) is 19.8. The number of hydrogen-bond donors (Lipinski definition) is 1. The lowest BCUT2D eigenvalue weighted by molar-refractivity contribution is -0.116. The number of thioether (sulfide) groups is 1. The highest BCUT2D eigenvalue weighted by Gasteiger charge is 2.27. The van der Waals surface area contributed by atoms with Crippen molar-refractivity contribution in [3.8, 4) is 0 Å². The van der Waals surface area contributed by atoms with Crippen LogP contribution in [0.5, 0.6) is 0 Å². The number of thiazole rings is 1. The van der Waals surface area contributed by atoms with Crippen LogP contribution in [-0.4, -0.2) is 25.8 Å². The Labute approximate surface area is 172 Å². The SMILES string of the molecule is Cc1cccc(NC(=O)C(Sc2nnc3sc4ccccc4n23)C(C)C)c1C. The van der Waals surface area contributed by atoms with Crippen LogP contribution < -0.4 is 5.32 Å². The Kier molecular flexibility index (Phi) is 5.12. The van der Waals surface area contributed by atoms with Crippen LogP contribution in [0.25, 0.3) is 15.2 Å². The Hall–Kier alpha value is -2.38. The molecule has 7 heteroatoms. The lowest BCUT2D eigenvalue weighted by atomic mass is 10.1. The van der Waals surface area contributed by atoms with Crippen molar-refractivity contribution >= 4 is 49.9 Å². The summed E-state index contributed by atoms with van der Waals surface area (Å²) in [5, 5.41) is 12.3. The van der Waals surface area contributed by atoms with Gasteiger partial charge >= 0.3 is 0 Å². The molecule has 0 spiro atoms. The first kappa shape index (κ1) is 19.0. The second-order valence-corrected chi connectivity index (χ2v) is 9.31. The number of benzene rings is 2. The summed E-state index contributed by atoms with van der Waals surface area (Å²) < 4.78 is 3.21. The van der Waals surface area contributed by atoms with E-state index >= 15 is 0 Å². The maximum Gasteiger partial charge on any atom is 0.238 e. The number of amides is 1. The van der Waals surface area contributed by atoms with Crippen LogP contribution in [0.3, 0.4) is 0 Å². The number of carbonyl (C=O) groups is 1. The molecule has 2 heterocycles. The Balaban J connectivity index is 1.65. The van der Waals surface area contributed by atoms with Crippen molar-refractivity contribution in [1.82, 2.24) is 14.6 Å². The number of rotatable bonds is 5. The van der Waals surface area contributed by atoms with Gasteiger partial charge in [-0.1, -0.05) is 61.2 Å². The molecule has 2 aromatic carbocycles. The smallest absolute Gasteiger partial charge is 0.238 e. The Bertz CT molecular complexity index is 1160. The van der Waals surface area contributed by atoms with Crippen molar-refractivity contribution in [3.05, 3.63) is 53.6 Å². The second-order valence-electron chi connectivity index (χ2n) is 7.19. The summed E-state index contributed by atoms with van der Waals surface area (Å²) in [5.74, 6) is 0.136. The number of hydrogen-bond acceptors (Lipinski definition) is 5. The number of aromatic nitrogens is 3. The van der Waals surface area contributed by atoms with Gasteiger partial charge in [0.25, 0.3) is 0 Å². The van der Waals surface area contributed by atoms with Gasteiger partial charge in [0.2, 0.25) is 10.9 Å². The lowest BCUT2D eigenvalue weighted by Crippen LogP contribution is -2.30. The average Bonchev–Trinajstić information content (AvgIpc) is 3.22. The molecule has 0 saturated heterocycles. The molecule has 2 aromatic heterocycles. The van der Waals surface area contributed by atoms with E-state index < -0.39 is 0 Å². The molecule has 144 valence electrons. The fraction of sp³-hybridized carbons (Fsp3) is 0.286. The molecule has 0 saturated carbocycles. The number of para-hydroxylation sites is 1. The van der Waals surface area contributed by atoms with E-state index in [9.17, 15) is 4.79 Å². The van der Waals surface area contributed by atoms with E-state index in [-0.39, 0.29) is 17.1 Å². The Morgan fingerprint density at radius 1 is 1.11 bits per heavy atom. The average molecular weight is 411 g/mol. The molecule has 0 aliphatic carbocycles. The Morgan fingerprint density at radius 3 is 2.68 bits per heavy atom. The third-order valence-corrected chi connectivity index (χ3v) is 7.37. The van der Waals surface area contributed by atoms with Crippen LogP contribution in [0.15, 0.2) is 47.6 Å². The van der Waals surface area contributed by atoms with E-state index in [1.807, 2.05) is 48.6 Å². The summed E-state index contributed by atoms with van der Waals surface area (Å²) in [6.45, 7) is 8.20. The molecule has 0 bridgehead atoms. The zero-order valence-electron chi connectivity index (χ0n) is 16.3. The van der Waals surface area contributed by atoms with Crippen LogP contribution in [0.1, 0.15) is 25.0 Å². The number of carbonyl (C=O) groups excluding carboxylic acids is 1. The van der Waals surface area contributed by atoms with Gasteiger partial charge in [0, 0.05) is 5.69 Å². The number of nitrogens with one attached hydrogen (secondary N) is 1. The fourth-order valence-electron chi connectivity index (χ4n) is 3.13. The van der Waals surface area contributed by atoms with Gasteiger partial charge in [-0.3, -0.25) is 9.20 Å². The summed E-state index contributed by atoms with van der Waals surface area (Å²) in [7, 11) is 0. The minimum atomic E-state index is -0.272. The quantitative estimate of drug-likeness (QED) is 0.453. The van der Waals surface area contributed by atoms with E-state index in [0.717, 1.165) is 37.1 Å². The fourth-order valence-corrected chi connectivity index (χ4v) is 5.19. The third-order valence-electron chi connectivity index (χ3n) is 4.87. The van der Waals surface area contributed by atoms with Crippen molar-refractivity contribution in [2.75, 3.05) is 5.32 Å². The van der Waals surface area contributed by atoms with Crippen LogP contribution >= 0.6 is 23.1 Å². The maximum absolute atomic E-state index is 13.1. The van der Waals surface area contributed by atoms with Gasteiger partial charge in [-0.25, -0.2) is 0 Å². The predicted molar refractivity (Wildman–Crippen MR) is 117 cm³/mol. The molecular formula is C21H22N4OS2. The van der Waals surface area contributed by atoms with E-state index in [1.165, 1.54) is 11.8 Å². The first-order valence-electron chi connectivity index (χ1n) is 9.22. The number of nitrogens with zero attached hydrogens (tertiary/aromatic N) is 3. The molecule has 4 rings (SSSR count). The molecule has 4 aromatic rings. The minimum absolute atomic E-state index is 0.00927. The van der Waals surface area contributed by atoms with Crippen molar-refractivity contribution in [2.45, 2.75) is 38.1 Å². The van der Waals surface area contributed by atoms with E-state index in [2.05, 4.69) is 41.5 Å². The first-order valence-corrected chi connectivity index (χ1v) is 10.9. The summed E-state index contributed by atoms with van der Waals surface area (Å²) in [6, 6.07) is 14.1. The highest BCUT2D eigenvalue weighted by Crippen LogP contribution is 2.33. The molecular weight excluding hydrogens is 388 g/mol. The topological polar surface area (TPSA) is 59.3 Å². The van der Waals surface area contributed by atoms with Gasteiger partial charge in [-0.2, -0.15) is 0 Å². The maximum atomic E-state index is 13.1.